The summed E-state index contributed by atoms with van der Waals surface area (Å²) in [6.45, 7) is 7.59. The Morgan fingerprint density at radius 2 is 1.71 bits per heavy atom. The molecular weight excluding hydrogens is 442 g/mol. The van der Waals surface area contributed by atoms with Crippen LogP contribution in [0.3, 0.4) is 0 Å². The molecule has 1 saturated heterocycles. The van der Waals surface area contributed by atoms with Crippen LogP contribution in [0.15, 0.2) is 10.5 Å². The van der Waals surface area contributed by atoms with Gasteiger partial charge in [0, 0.05) is 30.3 Å². The highest BCUT2D eigenvalue weighted by atomic mass is 16.4. The van der Waals surface area contributed by atoms with Crippen molar-refractivity contribution in [3.8, 4) is 0 Å². The second-order valence-electron chi connectivity index (χ2n) is 9.83. The van der Waals surface area contributed by atoms with E-state index >= 15 is 0 Å². The van der Waals surface area contributed by atoms with Gasteiger partial charge in [0.15, 0.2) is 0 Å². The minimum atomic E-state index is 0.412. The van der Waals surface area contributed by atoms with Crippen molar-refractivity contribution in [1.82, 2.24) is 36.1 Å². The topological polar surface area (TPSA) is 125 Å². The van der Waals surface area contributed by atoms with Gasteiger partial charge in [0.25, 0.3) is 0 Å². The van der Waals surface area contributed by atoms with Crippen molar-refractivity contribution >= 4 is 11.8 Å². The molecule has 4 rings (SSSR count). The molecule has 0 atom stereocenters. The first-order valence-corrected chi connectivity index (χ1v) is 13.6. The standard InChI is InChI=1S/C25H43N9O/c1-19-17-22(31-21-10-15-27-16-11-21)32-25(30-19)29-18-24-34-33-23(35-24)9-5-12-26-13-6-14-28-20-7-3-2-4-8-20/h17,20-21,26-28H,2-16,18H2,1H3,(H2,29,30,31,32). The molecule has 2 aromatic heterocycles. The minimum absolute atomic E-state index is 0.412. The lowest BCUT2D eigenvalue weighted by Crippen LogP contribution is -2.35. The molecule has 35 heavy (non-hydrogen) atoms. The number of rotatable bonds is 14. The maximum absolute atomic E-state index is 5.80. The Bertz CT molecular complexity index is 862. The average Bonchev–Trinajstić information content (AvgIpc) is 3.33. The smallest absolute Gasteiger partial charge is 0.235 e. The van der Waals surface area contributed by atoms with Gasteiger partial charge in [-0.2, -0.15) is 4.98 Å². The number of aryl methyl sites for hydroxylation is 2. The lowest BCUT2D eigenvalue weighted by Gasteiger charge is -2.24. The molecule has 2 aromatic rings. The first kappa shape index (κ1) is 25.8. The van der Waals surface area contributed by atoms with Gasteiger partial charge in [-0.05, 0) is 78.2 Å². The molecule has 0 amide bonds. The van der Waals surface area contributed by atoms with Crippen molar-refractivity contribution in [3.05, 3.63) is 23.5 Å². The Morgan fingerprint density at radius 1 is 0.914 bits per heavy atom. The minimum Gasteiger partial charge on any atom is -0.423 e. The van der Waals surface area contributed by atoms with Crippen LogP contribution in [0.25, 0.3) is 0 Å². The van der Waals surface area contributed by atoms with Gasteiger partial charge in [0.1, 0.15) is 5.82 Å². The molecule has 10 nitrogen and oxygen atoms in total. The first-order chi connectivity index (χ1) is 17.2. The second kappa shape index (κ2) is 14.3. The molecule has 0 unspecified atom stereocenters. The van der Waals surface area contributed by atoms with E-state index in [4.69, 9.17) is 4.42 Å². The van der Waals surface area contributed by atoms with E-state index in [0.717, 1.165) is 76.0 Å². The van der Waals surface area contributed by atoms with E-state index in [1.54, 1.807) is 0 Å². The quantitative estimate of drug-likeness (QED) is 0.255. The molecule has 0 bridgehead atoms. The summed E-state index contributed by atoms with van der Waals surface area (Å²) >= 11 is 0. The van der Waals surface area contributed by atoms with Crippen LogP contribution in [0.2, 0.25) is 0 Å². The lowest BCUT2D eigenvalue weighted by atomic mass is 9.95. The molecule has 0 spiro atoms. The Hall–Kier alpha value is -2.30. The van der Waals surface area contributed by atoms with E-state index in [2.05, 4.69) is 46.7 Å². The molecule has 10 heteroatoms. The van der Waals surface area contributed by atoms with Crippen LogP contribution in [0.1, 0.15) is 75.3 Å². The number of hydrogen-bond donors (Lipinski definition) is 5. The summed E-state index contributed by atoms with van der Waals surface area (Å²) in [5, 5.41) is 25.7. The van der Waals surface area contributed by atoms with Crippen LogP contribution < -0.4 is 26.6 Å². The number of piperidine rings is 1. The molecule has 0 radical (unpaired) electrons. The number of nitrogens with one attached hydrogen (secondary N) is 5. The molecule has 2 aliphatic rings. The predicted octanol–water partition coefficient (Wildman–Crippen LogP) is 2.78. The summed E-state index contributed by atoms with van der Waals surface area (Å²) < 4.78 is 5.80. The highest BCUT2D eigenvalue weighted by Crippen LogP contribution is 2.17. The molecule has 5 N–H and O–H groups in total. The molecule has 1 aliphatic carbocycles. The molecule has 1 saturated carbocycles. The third-order valence-electron chi connectivity index (χ3n) is 6.76. The lowest BCUT2D eigenvalue weighted by molar-refractivity contribution is 0.371. The Morgan fingerprint density at radius 3 is 2.57 bits per heavy atom. The third-order valence-corrected chi connectivity index (χ3v) is 6.76. The van der Waals surface area contributed by atoms with Gasteiger partial charge in [0.2, 0.25) is 17.7 Å². The van der Waals surface area contributed by atoms with Crippen molar-refractivity contribution in [2.45, 2.75) is 89.8 Å². The molecule has 2 fully saturated rings. The van der Waals surface area contributed by atoms with Gasteiger partial charge in [-0.3, -0.25) is 0 Å². The van der Waals surface area contributed by atoms with Crippen LogP contribution >= 0.6 is 0 Å². The summed E-state index contributed by atoms with van der Waals surface area (Å²) in [5.74, 6) is 2.67. The Labute approximate surface area is 209 Å². The summed E-state index contributed by atoms with van der Waals surface area (Å²) in [6.07, 6.45) is 12.0. The van der Waals surface area contributed by atoms with E-state index in [-0.39, 0.29) is 0 Å². The monoisotopic (exact) mass is 485 g/mol. The van der Waals surface area contributed by atoms with Gasteiger partial charge in [0.05, 0.1) is 6.54 Å². The highest BCUT2D eigenvalue weighted by molar-refractivity contribution is 5.43. The van der Waals surface area contributed by atoms with Crippen LogP contribution in [-0.2, 0) is 13.0 Å². The number of aromatic nitrogens is 4. The molecular formula is C25H43N9O. The fourth-order valence-electron chi connectivity index (χ4n) is 4.83. The van der Waals surface area contributed by atoms with E-state index in [1.165, 1.54) is 38.5 Å². The Kier molecular flexibility index (Phi) is 10.5. The summed E-state index contributed by atoms with van der Waals surface area (Å²) in [7, 11) is 0. The van der Waals surface area contributed by atoms with Gasteiger partial charge < -0.3 is 31.0 Å². The van der Waals surface area contributed by atoms with Gasteiger partial charge in [-0.1, -0.05) is 19.3 Å². The molecule has 194 valence electrons. The SMILES string of the molecule is Cc1cc(NC2CCNCC2)nc(NCc2nnc(CCCNCCCNC3CCCCC3)o2)n1. The zero-order valence-electron chi connectivity index (χ0n) is 21.2. The number of anilines is 2. The maximum Gasteiger partial charge on any atom is 0.235 e. The van der Waals surface area contributed by atoms with E-state index in [1.807, 2.05) is 13.0 Å². The average molecular weight is 486 g/mol. The normalized spacial score (nSPS) is 17.5. The van der Waals surface area contributed by atoms with Crippen molar-refractivity contribution < 1.29 is 4.42 Å². The zero-order valence-corrected chi connectivity index (χ0v) is 21.2. The van der Waals surface area contributed by atoms with Crippen molar-refractivity contribution in [1.29, 1.82) is 0 Å². The van der Waals surface area contributed by atoms with Crippen LogP contribution in [0.5, 0.6) is 0 Å². The number of hydrogen-bond acceptors (Lipinski definition) is 10. The molecule has 1 aliphatic heterocycles. The number of nitrogens with zero attached hydrogens (tertiary/aromatic N) is 4. The summed E-state index contributed by atoms with van der Waals surface area (Å²) in [4.78, 5) is 9.10. The fraction of sp³-hybridized carbons (Fsp3) is 0.760. The van der Waals surface area contributed by atoms with E-state index in [9.17, 15) is 0 Å². The molecule has 0 aromatic carbocycles. The van der Waals surface area contributed by atoms with Crippen LogP contribution in [-0.4, -0.2) is 65.0 Å². The van der Waals surface area contributed by atoms with Crippen molar-refractivity contribution in [2.75, 3.05) is 43.4 Å². The van der Waals surface area contributed by atoms with Crippen molar-refractivity contribution in [3.63, 3.8) is 0 Å². The van der Waals surface area contributed by atoms with Crippen molar-refractivity contribution in [2.24, 2.45) is 0 Å². The van der Waals surface area contributed by atoms with Gasteiger partial charge >= 0.3 is 0 Å². The third kappa shape index (κ3) is 9.35. The summed E-state index contributed by atoms with van der Waals surface area (Å²) in [6, 6.07) is 3.18. The van der Waals surface area contributed by atoms with Crippen LogP contribution in [0.4, 0.5) is 11.8 Å². The van der Waals surface area contributed by atoms with Gasteiger partial charge in [-0.25, -0.2) is 4.98 Å². The van der Waals surface area contributed by atoms with E-state index in [0.29, 0.717) is 30.3 Å². The second-order valence-corrected chi connectivity index (χ2v) is 9.83. The maximum atomic E-state index is 5.80. The predicted molar refractivity (Wildman–Crippen MR) is 139 cm³/mol. The van der Waals surface area contributed by atoms with E-state index < -0.39 is 0 Å². The highest BCUT2D eigenvalue weighted by Gasteiger charge is 2.14. The summed E-state index contributed by atoms with van der Waals surface area (Å²) in [5.41, 5.74) is 0.919. The van der Waals surface area contributed by atoms with Crippen LogP contribution in [0, 0.1) is 6.92 Å². The fourth-order valence-corrected chi connectivity index (χ4v) is 4.83. The zero-order chi connectivity index (χ0) is 24.1. The first-order valence-electron chi connectivity index (χ1n) is 13.6. The Balaban J connectivity index is 1.09. The largest absolute Gasteiger partial charge is 0.423 e. The van der Waals surface area contributed by atoms with Gasteiger partial charge in [-0.15, -0.1) is 10.2 Å². The molecule has 3 heterocycles.